The second-order valence-corrected chi connectivity index (χ2v) is 8.53. The summed E-state index contributed by atoms with van der Waals surface area (Å²) in [5.41, 5.74) is 0.742. The van der Waals surface area contributed by atoms with E-state index < -0.39 is 0 Å². The van der Waals surface area contributed by atoms with E-state index in [0.29, 0.717) is 22.8 Å². The monoisotopic (exact) mass is 280 g/mol. The van der Waals surface area contributed by atoms with Crippen molar-refractivity contribution in [2.45, 2.75) is 78.8 Å². The largest absolute Gasteiger partial charge is 0.341 e. The highest BCUT2D eigenvalue weighted by Gasteiger charge is 2.39. The number of rotatable bonds is 3. The molecule has 3 nitrogen and oxygen atoms in total. The Labute approximate surface area is 124 Å². The van der Waals surface area contributed by atoms with Crippen LogP contribution in [0.25, 0.3) is 0 Å². The van der Waals surface area contributed by atoms with Crippen molar-refractivity contribution in [3.05, 3.63) is 0 Å². The lowest BCUT2D eigenvalue weighted by atomic mass is 9.63. The summed E-state index contributed by atoms with van der Waals surface area (Å²) in [4.78, 5) is 14.4. The zero-order valence-electron chi connectivity index (χ0n) is 14.0. The van der Waals surface area contributed by atoms with Crippen molar-refractivity contribution in [2.75, 3.05) is 13.1 Å². The first-order valence-corrected chi connectivity index (χ1v) is 8.23. The molecule has 1 heterocycles. The predicted molar refractivity (Wildman–Crippen MR) is 83.6 cm³/mol. The van der Waals surface area contributed by atoms with Gasteiger partial charge in [0.1, 0.15) is 0 Å². The van der Waals surface area contributed by atoms with Crippen molar-refractivity contribution < 1.29 is 4.79 Å². The first-order valence-electron chi connectivity index (χ1n) is 8.23. The Bertz CT molecular complexity index is 340. The lowest BCUT2D eigenvalue weighted by molar-refractivity contribution is -0.132. The highest BCUT2D eigenvalue weighted by atomic mass is 16.2. The quantitative estimate of drug-likeness (QED) is 0.861. The SMILES string of the molecule is CC(NC1CC(C)(C)CC(C)(C)C1)C(=O)N1CCCC1. The normalized spacial score (nSPS) is 27.6. The molecule has 0 bridgehead atoms. The van der Waals surface area contributed by atoms with Gasteiger partial charge in [-0.05, 0) is 49.9 Å². The van der Waals surface area contributed by atoms with Crippen LogP contribution in [0, 0.1) is 10.8 Å². The molecule has 116 valence electrons. The van der Waals surface area contributed by atoms with Crippen LogP contribution in [-0.4, -0.2) is 36.0 Å². The van der Waals surface area contributed by atoms with Crippen LogP contribution >= 0.6 is 0 Å². The summed E-state index contributed by atoms with van der Waals surface area (Å²) < 4.78 is 0. The summed E-state index contributed by atoms with van der Waals surface area (Å²) in [5, 5.41) is 3.62. The van der Waals surface area contributed by atoms with Gasteiger partial charge in [0.05, 0.1) is 6.04 Å². The van der Waals surface area contributed by atoms with Gasteiger partial charge in [-0.3, -0.25) is 4.79 Å². The molecular formula is C17H32N2O. The lowest BCUT2D eigenvalue weighted by Crippen LogP contribution is -2.51. The minimum absolute atomic E-state index is 0.0391. The molecule has 1 aliphatic carbocycles. The molecule has 3 heteroatoms. The number of nitrogens with zero attached hydrogens (tertiary/aromatic N) is 1. The molecule has 1 saturated heterocycles. The molecule has 2 aliphatic rings. The van der Waals surface area contributed by atoms with E-state index in [-0.39, 0.29) is 6.04 Å². The van der Waals surface area contributed by atoms with Crippen LogP contribution < -0.4 is 5.32 Å². The minimum atomic E-state index is -0.0391. The number of likely N-dealkylation sites (tertiary alicyclic amines) is 1. The van der Waals surface area contributed by atoms with Crippen LogP contribution in [0.2, 0.25) is 0 Å². The Balaban J connectivity index is 1.93. The van der Waals surface area contributed by atoms with Crippen LogP contribution in [-0.2, 0) is 4.79 Å². The number of carbonyl (C=O) groups excluding carboxylic acids is 1. The van der Waals surface area contributed by atoms with Crippen LogP contribution in [0.5, 0.6) is 0 Å². The van der Waals surface area contributed by atoms with E-state index in [9.17, 15) is 4.79 Å². The van der Waals surface area contributed by atoms with E-state index in [1.807, 2.05) is 11.8 Å². The fraction of sp³-hybridized carbons (Fsp3) is 0.941. The van der Waals surface area contributed by atoms with Crippen molar-refractivity contribution in [1.29, 1.82) is 0 Å². The van der Waals surface area contributed by atoms with Gasteiger partial charge >= 0.3 is 0 Å². The summed E-state index contributed by atoms with van der Waals surface area (Å²) in [6.45, 7) is 13.4. The molecule has 0 aromatic carbocycles. The molecule has 0 aromatic heterocycles. The van der Waals surface area contributed by atoms with Gasteiger partial charge in [0.2, 0.25) is 5.91 Å². The Morgan fingerprint density at radius 2 is 1.60 bits per heavy atom. The van der Waals surface area contributed by atoms with E-state index in [4.69, 9.17) is 0 Å². The smallest absolute Gasteiger partial charge is 0.239 e. The van der Waals surface area contributed by atoms with Gasteiger partial charge < -0.3 is 10.2 Å². The molecule has 1 N–H and O–H groups in total. The molecule has 1 aliphatic heterocycles. The zero-order chi connectivity index (χ0) is 15.0. The van der Waals surface area contributed by atoms with Crippen LogP contribution in [0.1, 0.15) is 66.7 Å². The third kappa shape index (κ3) is 3.97. The maximum absolute atomic E-state index is 12.4. The minimum Gasteiger partial charge on any atom is -0.341 e. The number of hydrogen-bond acceptors (Lipinski definition) is 2. The molecule has 2 fully saturated rings. The number of carbonyl (C=O) groups is 1. The summed E-state index contributed by atoms with van der Waals surface area (Å²) in [5.74, 6) is 0.295. The summed E-state index contributed by atoms with van der Waals surface area (Å²) in [6, 6.07) is 0.429. The van der Waals surface area contributed by atoms with E-state index in [0.717, 1.165) is 13.1 Å². The third-order valence-electron chi connectivity index (χ3n) is 4.83. The molecule has 0 radical (unpaired) electrons. The predicted octanol–water partition coefficient (Wildman–Crippen LogP) is 3.19. The lowest BCUT2D eigenvalue weighted by Gasteiger charge is -2.46. The third-order valence-corrected chi connectivity index (χ3v) is 4.83. The molecule has 1 saturated carbocycles. The Morgan fingerprint density at radius 1 is 1.10 bits per heavy atom. The van der Waals surface area contributed by atoms with Crippen molar-refractivity contribution in [1.82, 2.24) is 10.2 Å². The van der Waals surface area contributed by atoms with Gasteiger partial charge in [-0.2, -0.15) is 0 Å². The average molecular weight is 280 g/mol. The zero-order valence-corrected chi connectivity index (χ0v) is 14.0. The van der Waals surface area contributed by atoms with Crippen molar-refractivity contribution >= 4 is 5.91 Å². The van der Waals surface area contributed by atoms with Gasteiger partial charge in [-0.15, -0.1) is 0 Å². The van der Waals surface area contributed by atoms with Gasteiger partial charge in [-0.25, -0.2) is 0 Å². The summed E-state index contributed by atoms with van der Waals surface area (Å²) in [7, 11) is 0. The van der Waals surface area contributed by atoms with Gasteiger partial charge in [-0.1, -0.05) is 27.7 Å². The van der Waals surface area contributed by atoms with E-state index in [1.54, 1.807) is 0 Å². The molecule has 1 unspecified atom stereocenters. The fourth-order valence-electron chi connectivity index (χ4n) is 4.60. The van der Waals surface area contributed by atoms with Crippen LogP contribution in [0.15, 0.2) is 0 Å². The van der Waals surface area contributed by atoms with Crippen molar-refractivity contribution in [3.8, 4) is 0 Å². The van der Waals surface area contributed by atoms with Gasteiger partial charge in [0, 0.05) is 19.1 Å². The molecule has 20 heavy (non-hydrogen) atoms. The Morgan fingerprint density at radius 3 is 2.10 bits per heavy atom. The highest BCUT2D eigenvalue weighted by Crippen LogP contribution is 2.45. The molecule has 0 aromatic rings. The van der Waals surface area contributed by atoms with Crippen molar-refractivity contribution in [3.63, 3.8) is 0 Å². The summed E-state index contributed by atoms with van der Waals surface area (Å²) >= 11 is 0. The second kappa shape index (κ2) is 5.67. The van der Waals surface area contributed by atoms with Crippen LogP contribution in [0.4, 0.5) is 0 Å². The Kier molecular flexibility index (Phi) is 4.48. The molecular weight excluding hydrogens is 248 g/mol. The van der Waals surface area contributed by atoms with E-state index >= 15 is 0 Å². The van der Waals surface area contributed by atoms with Crippen LogP contribution in [0.3, 0.4) is 0 Å². The van der Waals surface area contributed by atoms with Gasteiger partial charge in [0.25, 0.3) is 0 Å². The molecule has 0 spiro atoms. The topological polar surface area (TPSA) is 32.3 Å². The first-order chi connectivity index (χ1) is 9.19. The highest BCUT2D eigenvalue weighted by molar-refractivity contribution is 5.81. The van der Waals surface area contributed by atoms with Gasteiger partial charge in [0.15, 0.2) is 0 Å². The standard InChI is InChI=1S/C17H32N2O/c1-13(15(20)19-8-6-7-9-19)18-14-10-16(2,3)12-17(4,5)11-14/h13-14,18H,6-12H2,1-5H3. The molecule has 2 rings (SSSR count). The number of nitrogens with one attached hydrogen (secondary N) is 1. The number of amides is 1. The molecule has 1 amide bonds. The maximum Gasteiger partial charge on any atom is 0.239 e. The molecule has 1 atom stereocenters. The van der Waals surface area contributed by atoms with E-state index in [2.05, 4.69) is 33.0 Å². The van der Waals surface area contributed by atoms with E-state index in [1.165, 1.54) is 32.1 Å². The number of hydrogen-bond donors (Lipinski definition) is 1. The maximum atomic E-state index is 12.4. The van der Waals surface area contributed by atoms with Crippen molar-refractivity contribution in [2.24, 2.45) is 10.8 Å². The average Bonchev–Trinajstić information content (AvgIpc) is 2.76. The summed E-state index contributed by atoms with van der Waals surface area (Å²) in [6.07, 6.45) is 5.96. The Hall–Kier alpha value is -0.570. The first kappa shape index (κ1) is 15.8. The fourth-order valence-corrected chi connectivity index (χ4v) is 4.60. The second-order valence-electron chi connectivity index (χ2n) is 8.53.